The van der Waals surface area contributed by atoms with Crippen LogP contribution in [0.15, 0.2) is 60.9 Å². The van der Waals surface area contributed by atoms with Gasteiger partial charge in [-0.05, 0) is 32.0 Å². The molecule has 1 aliphatic rings. The highest BCUT2D eigenvalue weighted by atomic mass is 16.5. The van der Waals surface area contributed by atoms with E-state index in [1.165, 1.54) is 0 Å². The topological polar surface area (TPSA) is 12.5 Å². The Kier molecular flexibility index (Phi) is 6.23. The van der Waals surface area contributed by atoms with Gasteiger partial charge >= 0.3 is 0 Å². The Labute approximate surface area is 111 Å². The van der Waals surface area contributed by atoms with Gasteiger partial charge in [0.2, 0.25) is 0 Å². The van der Waals surface area contributed by atoms with Crippen LogP contribution in [0.1, 0.15) is 13.3 Å². The van der Waals surface area contributed by atoms with Crippen molar-refractivity contribution < 1.29 is 4.74 Å². The first-order valence-corrected chi connectivity index (χ1v) is 6.29. The maximum Gasteiger partial charge on any atom is 0.113 e. The number of ether oxygens (including phenoxy) is 1. The van der Waals surface area contributed by atoms with Crippen LogP contribution < -0.4 is 0 Å². The zero-order valence-corrected chi connectivity index (χ0v) is 11.4. The van der Waals surface area contributed by atoms with E-state index in [-0.39, 0.29) is 6.10 Å². The van der Waals surface area contributed by atoms with Crippen LogP contribution in [0.25, 0.3) is 0 Å². The Morgan fingerprint density at radius 2 is 2.28 bits per heavy atom. The molecule has 1 rings (SSSR count). The van der Waals surface area contributed by atoms with Gasteiger partial charge in [0.15, 0.2) is 0 Å². The molecule has 2 heteroatoms. The Morgan fingerprint density at radius 1 is 1.50 bits per heavy atom. The van der Waals surface area contributed by atoms with Gasteiger partial charge in [0.25, 0.3) is 0 Å². The lowest BCUT2D eigenvalue weighted by Crippen LogP contribution is -2.22. The first-order valence-electron chi connectivity index (χ1n) is 6.29. The Morgan fingerprint density at radius 3 is 3.00 bits per heavy atom. The van der Waals surface area contributed by atoms with Crippen molar-refractivity contribution >= 4 is 0 Å². The summed E-state index contributed by atoms with van der Waals surface area (Å²) in [4.78, 5) is 2.18. The average Bonchev–Trinajstić information content (AvgIpc) is 2.33. The third-order valence-corrected chi connectivity index (χ3v) is 2.75. The van der Waals surface area contributed by atoms with Crippen molar-refractivity contribution in [2.45, 2.75) is 19.4 Å². The number of nitrogens with zero attached hydrogens (tertiary/aromatic N) is 1. The Bertz CT molecular complexity index is 377. The number of hydrogen-bond donors (Lipinski definition) is 0. The predicted octanol–water partition coefficient (Wildman–Crippen LogP) is 3.47. The fourth-order valence-corrected chi connectivity index (χ4v) is 1.68. The highest BCUT2D eigenvalue weighted by Crippen LogP contribution is 2.16. The molecule has 98 valence electrons. The van der Waals surface area contributed by atoms with E-state index in [0.29, 0.717) is 0 Å². The lowest BCUT2D eigenvalue weighted by atomic mass is 10.0. The van der Waals surface area contributed by atoms with E-state index >= 15 is 0 Å². The summed E-state index contributed by atoms with van der Waals surface area (Å²) in [6.45, 7) is 11.6. The van der Waals surface area contributed by atoms with Crippen LogP contribution in [0.2, 0.25) is 0 Å². The van der Waals surface area contributed by atoms with Crippen LogP contribution in [0.5, 0.6) is 0 Å². The second-order valence-electron chi connectivity index (χ2n) is 4.59. The number of likely N-dealkylation sites (N-methyl/N-ethyl adjacent to an activating group) is 1. The lowest BCUT2D eigenvalue weighted by molar-refractivity contribution is 0.200. The van der Waals surface area contributed by atoms with Gasteiger partial charge in [0.1, 0.15) is 6.10 Å². The van der Waals surface area contributed by atoms with E-state index in [1.807, 2.05) is 37.5 Å². The van der Waals surface area contributed by atoms with Crippen LogP contribution in [0.4, 0.5) is 0 Å². The summed E-state index contributed by atoms with van der Waals surface area (Å²) >= 11 is 0. The van der Waals surface area contributed by atoms with E-state index in [9.17, 15) is 0 Å². The van der Waals surface area contributed by atoms with Crippen molar-refractivity contribution in [2.24, 2.45) is 0 Å². The van der Waals surface area contributed by atoms with Gasteiger partial charge in [-0.2, -0.15) is 0 Å². The smallest absolute Gasteiger partial charge is 0.113 e. The summed E-state index contributed by atoms with van der Waals surface area (Å²) < 4.78 is 5.68. The van der Waals surface area contributed by atoms with Crippen LogP contribution in [0, 0.1) is 0 Å². The van der Waals surface area contributed by atoms with E-state index in [2.05, 4.69) is 31.2 Å². The van der Waals surface area contributed by atoms with Crippen LogP contribution >= 0.6 is 0 Å². The SMILES string of the molecule is C=CCN(C)C/C1=C/OC(C)/C=C\C=C/CC1=C. The van der Waals surface area contributed by atoms with Gasteiger partial charge in [-0.25, -0.2) is 0 Å². The normalized spacial score (nSPS) is 26.9. The fourth-order valence-electron chi connectivity index (χ4n) is 1.68. The molecule has 0 aromatic carbocycles. The summed E-state index contributed by atoms with van der Waals surface area (Å²) in [7, 11) is 2.06. The van der Waals surface area contributed by atoms with Crippen molar-refractivity contribution in [3.63, 3.8) is 0 Å². The molecule has 1 atom stereocenters. The highest BCUT2D eigenvalue weighted by Gasteiger charge is 2.07. The molecule has 18 heavy (non-hydrogen) atoms. The van der Waals surface area contributed by atoms with E-state index in [1.54, 1.807) is 0 Å². The molecule has 0 aromatic rings. The second kappa shape index (κ2) is 7.72. The zero-order valence-electron chi connectivity index (χ0n) is 11.4. The largest absolute Gasteiger partial charge is 0.494 e. The molecule has 0 saturated carbocycles. The standard InChI is InChI=1S/C16H23NO/c1-5-11-17(4)12-16-13-18-15(3)10-8-6-7-9-14(16)2/h5-8,10,13,15H,1-2,9,11-12H2,3-4H3/b7-6-,10-8-,16-13-. The first-order chi connectivity index (χ1) is 8.63. The minimum Gasteiger partial charge on any atom is -0.494 e. The van der Waals surface area contributed by atoms with E-state index in [4.69, 9.17) is 4.74 Å². The van der Waals surface area contributed by atoms with Crippen molar-refractivity contribution in [1.82, 2.24) is 4.90 Å². The molecular formula is C16H23NO. The number of allylic oxidation sites excluding steroid dienone is 3. The third-order valence-electron chi connectivity index (χ3n) is 2.75. The highest BCUT2D eigenvalue weighted by molar-refractivity contribution is 5.31. The first kappa shape index (κ1) is 14.5. The summed E-state index contributed by atoms with van der Waals surface area (Å²) in [6.07, 6.45) is 12.9. The molecule has 0 N–H and O–H groups in total. The van der Waals surface area contributed by atoms with Gasteiger partial charge in [-0.15, -0.1) is 6.58 Å². The molecule has 0 bridgehead atoms. The Balaban J connectivity index is 2.77. The van der Waals surface area contributed by atoms with E-state index < -0.39 is 0 Å². The predicted molar refractivity (Wildman–Crippen MR) is 78.4 cm³/mol. The fraction of sp³-hybridized carbons (Fsp3) is 0.375. The quantitative estimate of drug-likeness (QED) is 0.703. The second-order valence-corrected chi connectivity index (χ2v) is 4.59. The minimum absolute atomic E-state index is 0.0836. The lowest BCUT2D eigenvalue weighted by Gasteiger charge is -2.19. The summed E-state index contributed by atoms with van der Waals surface area (Å²) in [5, 5.41) is 0. The molecule has 0 aromatic heterocycles. The van der Waals surface area contributed by atoms with Gasteiger partial charge < -0.3 is 4.74 Å². The van der Waals surface area contributed by atoms with Gasteiger partial charge in [0, 0.05) is 18.7 Å². The van der Waals surface area contributed by atoms with Crippen molar-refractivity contribution in [1.29, 1.82) is 0 Å². The molecule has 0 aliphatic carbocycles. The van der Waals surface area contributed by atoms with Crippen LogP contribution in [0.3, 0.4) is 0 Å². The zero-order chi connectivity index (χ0) is 13.4. The molecule has 0 radical (unpaired) electrons. The molecular weight excluding hydrogens is 222 g/mol. The summed E-state index contributed by atoms with van der Waals surface area (Å²) in [6, 6.07) is 0. The van der Waals surface area contributed by atoms with Crippen molar-refractivity contribution in [3.05, 3.63) is 60.9 Å². The molecule has 0 spiro atoms. The van der Waals surface area contributed by atoms with E-state index in [0.717, 1.165) is 30.7 Å². The maximum atomic E-state index is 5.68. The van der Waals surface area contributed by atoms with Crippen LogP contribution in [-0.2, 0) is 4.74 Å². The van der Waals surface area contributed by atoms with Gasteiger partial charge in [-0.1, -0.05) is 30.9 Å². The minimum atomic E-state index is 0.0836. The van der Waals surface area contributed by atoms with Crippen molar-refractivity contribution in [3.8, 4) is 0 Å². The molecule has 0 fully saturated rings. The van der Waals surface area contributed by atoms with Crippen LogP contribution in [-0.4, -0.2) is 31.1 Å². The third kappa shape index (κ3) is 5.19. The Hall–Kier alpha value is -1.54. The van der Waals surface area contributed by atoms with Gasteiger partial charge in [0.05, 0.1) is 6.26 Å². The summed E-state index contributed by atoms with van der Waals surface area (Å²) in [5.41, 5.74) is 2.25. The molecule has 2 nitrogen and oxygen atoms in total. The number of rotatable bonds is 4. The maximum absolute atomic E-state index is 5.68. The number of hydrogen-bond acceptors (Lipinski definition) is 2. The van der Waals surface area contributed by atoms with Gasteiger partial charge in [-0.3, -0.25) is 4.90 Å². The monoisotopic (exact) mass is 245 g/mol. The molecule has 0 amide bonds. The molecule has 1 unspecified atom stereocenters. The molecule has 0 saturated heterocycles. The summed E-state index contributed by atoms with van der Waals surface area (Å²) in [5.74, 6) is 0. The molecule has 1 heterocycles. The molecule has 1 aliphatic heterocycles. The van der Waals surface area contributed by atoms with Crippen molar-refractivity contribution in [2.75, 3.05) is 20.1 Å². The average molecular weight is 245 g/mol.